The summed E-state index contributed by atoms with van der Waals surface area (Å²) in [5.74, 6) is -0.516. The fourth-order valence-electron chi connectivity index (χ4n) is 3.34. The number of piperidine rings is 1. The summed E-state index contributed by atoms with van der Waals surface area (Å²) in [5, 5.41) is 14.3. The van der Waals surface area contributed by atoms with Crippen LogP contribution in [-0.2, 0) is 11.2 Å². The van der Waals surface area contributed by atoms with Gasteiger partial charge in [-0.3, -0.25) is 4.79 Å². The Balaban J connectivity index is 1.71. The number of likely N-dealkylation sites (tertiary alicyclic amines) is 1. The van der Waals surface area contributed by atoms with Crippen LogP contribution >= 0.6 is 0 Å². The summed E-state index contributed by atoms with van der Waals surface area (Å²) in [5.41, 5.74) is 1.82. The highest BCUT2D eigenvalue weighted by atomic mass is 19.1. The van der Waals surface area contributed by atoms with Crippen molar-refractivity contribution >= 4 is 17.6 Å². The quantitative estimate of drug-likeness (QED) is 0.815. The molecule has 2 N–H and O–H groups in total. The van der Waals surface area contributed by atoms with E-state index in [1.165, 1.54) is 24.3 Å². The number of nitriles is 1. The molecule has 3 amide bonds. The number of urea groups is 1. The molecule has 1 saturated heterocycles. The molecular weight excluding hydrogens is 371 g/mol. The van der Waals surface area contributed by atoms with Crippen LogP contribution in [0.15, 0.2) is 48.5 Å². The molecule has 1 fully saturated rings. The standard InChI is InChI=1S/C22H23FN4O2/c23-18-8-10-19(11-9-18)25-22(29)26-20(21(28)27-12-2-1-3-13-27)14-16-4-6-17(15-24)7-5-16/h4-11,20H,1-3,12-14H2,(H2,25,26,29)/t20-/m0/s1. The predicted octanol–water partition coefficient (Wildman–Crippen LogP) is 3.44. The zero-order valence-corrected chi connectivity index (χ0v) is 16.0. The second-order valence-electron chi connectivity index (χ2n) is 7.06. The van der Waals surface area contributed by atoms with Crippen molar-refractivity contribution in [3.05, 3.63) is 65.5 Å². The minimum Gasteiger partial charge on any atom is -0.341 e. The Morgan fingerprint density at radius 3 is 2.31 bits per heavy atom. The first-order valence-electron chi connectivity index (χ1n) is 9.66. The maximum absolute atomic E-state index is 13.0. The topological polar surface area (TPSA) is 85.2 Å². The first kappa shape index (κ1) is 20.3. The van der Waals surface area contributed by atoms with Gasteiger partial charge in [-0.15, -0.1) is 0 Å². The van der Waals surface area contributed by atoms with Crippen molar-refractivity contribution < 1.29 is 14.0 Å². The highest BCUT2D eigenvalue weighted by Gasteiger charge is 2.27. The van der Waals surface area contributed by atoms with Crippen LogP contribution < -0.4 is 10.6 Å². The molecule has 6 nitrogen and oxygen atoms in total. The third-order valence-electron chi connectivity index (χ3n) is 4.90. The van der Waals surface area contributed by atoms with Crippen molar-refractivity contribution in [3.63, 3.8) is 0 Å². The second kappa shape index (κ2) is 9.69. The molecule has 0 radical (unpaired) electrons. The maximum Gasteiger partial charge on any atom is 0.319 e. The highest BCUT2D eigenvalue weighted by Crippen LogP contribution is 2.14. The molecular formula is C22H23FN4O2. The van der Waals surface area contributed by atoms with Crippen LogP contribution in [0.5, 0.6) is 0 Å². The summed E-state index contributed by atoms with van der Waals surface area (Å²) in [6.45, 7) is 1.37. The molecule has 2 aromatic rings. The number of carbonyl (C=O) groups excluding carboxylic acids is 2. The number of nitrogens with zero attached hydrogens (tertiary/aromatic N) is 2. The van der Waals surface area contributed by atoms with E-state index in [1.807, 2.05) is 0 Å². The van der Waals surface area contributed by atoms with Gasteiger partial charge in [-0.25, -0.2) is 9.18 Å². The van der Waals surface area contributed by atoms with Gasteiger partial charge in [-0.1, -0.05) is 12.1 Å². The Morgan fingerprint density at radius 2 is 1.69 bits per heavy atom. The number of hydrogen-bond donors (Lipinski definition) is 2. The molecule has 0 aliphatic carbocycles. The number of hydrogen-bond acceptors (Lipinski definition) is 3. The molecule has 1 aliphatic heterocycles. The molecule has 0 aromatic heterocycles. The highest BCUT2D eigenvalue weighted by molar-refractivity contribution is 5.93. The Morgan fingerprint density at radius 1 is 1.03 bits per heavy atom. The zero-order valence-electron chi connectivity index (χ0n) is 16.0. The largest absolute Gasteiger partial charge is 0.341 e. The van der Waals surface area contributed by atoms with E-state index in [0.717, 1.165) is 24.8 Å². The van der Waals surface area contributed by atoms with Crippen LogP contribution in [0.25, 0.3) is 0 Å². The number of amides is 3. The van der Waals surface area contributed by atoms with Crippen LogP contribution in [-0.4, -0.2) is 36.0 Å². The minimum absolute atomic E-state index is 0.122. The first-order valence-corrected chi connectivity index (χ1v) is 9.66. The first-order chi connectivity index (χ1) is 14.0. The number of nitrogens with one attached hydrogen (secondary N) is 2. The summed E-state index contributed by atoms with van der Waals surface area (Å²) in [6.07, 6.45) is 3.33. The molecule has 0 spiro atoms. The van der Waals surface area contributed by atoms with Crippen molar-refractivity contribution in [2.45, 2.75) is 31.7 Å². The lowest BCUT2D eigenvalue weighted by Gasteiger charge is -2.31. The smallest absolute Gasteiger partial charge is 0.319 e. The van der Waals surface area contributed by atoms with Gasteiger partial charge in [-0.05, 0) is 61.2 Å². The third-order valence-corrected chi connectivity index (χ3v) is 4.90. The Kier molecular flexibility index (Phi) is 6.80. The molecule has 7 heteroatoms. The summed E-state index contributed by atoms with van der Waals surface area (Å²) in [6, 6.07) is 13.2. The Bertz CT molecular complexity index is 885. The van der Waals surface area contributed by atoms with E-state index in [-0.39, 0.29) is 5.91 Å². The van der Waals surface area contributed by atoms with Crippen LogP contribution in [0, 0.1) is 17.1 Å². The van der Waals surface area contributed by atoms with Gasteiger partial charge in [0.2, 0.25) is 5.91 Å². The molecule has 2 aromatic carbocycles. The lowest BCUT2D eigenvalue weighted by Crippen LogP contribution is -2.52. The van der Waals surface area contributed by atoms with E-state index < -0.39 is 17.9 Å². The van der Waals surface area contributed by atoms with E-state index in [4.69, 9.17) is 5.26 Å². The van der Waals surface area contributed by atoms with Crippen molar-refractivity contribution in [2.75, 3.05) is 18.4 Å². The zero-order chi connectivity index (χ0) is 20.6. The number of anilines is 1. The van der Waals surface area contributed by atoms with Crippen molar-refractivity contribution in [1.29, 1.82) is 5.26 Å². The van der Waals surface area contributed by atoms with Crippen LogP contribution in [0.4, 0.5) is 14.9 Å². The minimum atomic E-state index is -0.735. The van der Waals surface area contributed by atoms with Gasteiger partial charge in [-0.2, -0.15) is 5.26 Å². The van der Waals surface area contributed by atoms with E-state index >= 15 is 0 Å². The van der Waals surface area contributed by atoms with Crippen LogP contribution in [0.3, 0.4) is 0 Å². The maximum atomic E-state index is 13.0. The van der Waals surface area contributed by atoms with E-state index in [0.29, 0.717) is 30.8 Å². The van der Waals surface area contributed by atoms with Crippen molar-refractivity contribution in [1.82, 2.24) is 10.2 Å². The van der Waals surface area contributed by atoms with Gasteiger partial charge in [0.05, 0.1) is 11.6 Å². The van der Waals surface area contributed by atoms with E-state index in [1.54, 1.807) is 29.2 Å². The van der Waals surface area contributed by atoms with Gasteiger partial charge < -0.3 is 15.5 Å². The van der Waals surface area contributed by atoms with E-state index in [2.05, 4.69) is 16.7 Å². The molecule has 0 unspecified atom stereocenters. The fraction of sp³-hybridized carbons (Fsp3) is 0.318. The van der Waals surface area contributed by atoms with Gasteiger partial charge in [0, 0.05) is 25.2 Å². The predicted molar refractivity (Wildman–Crippen MR) is 108 cm³/mol. The van der Waals surface area contributed by atoms with Gasteiger partial charge in [0.15, 0.2) is 0 Å². The van der Waals surface area contributed by atoms with Crippen molar-refractivity contribution in [2.24, 2.45) is 0 Å². The molecule has 3 rings (SSSR count). The lowest BCUT2D eigenvalue weighted by atomic mass is 10.0. The molecule has 1 heterocycles. The average molecular weight is 394 g/mol. The summed E-state index contributed by atoms with van der Waals surface area (Å²) in [4.78, 5) is 27.3. The molecule has 150 valence electrons. The molecule has 0 bridgehead atoms. The van der Waals surface area contributed by atoms with Gasteiger partial charge in [0.25, 0.3) is 0 Å². The number of halogens is 1. The van der Waals surface area contributed by atoms with Crippen LogP contribution in [0.1, 0.15) is 30.4 Å². The summed E-state index contributed by atoms with van der Waals surface area (Å²) in [7, 11) is 0. The van der Waals surface area contributed by atoms with E-state index in [9.17, 15) is 14.0 Å². The summed E-state index contributed by atoms with van der Waals surface area (Å²) >= 11 is 0. The fourth-order valence-corrected chi connectivity index (χ4v) is 3.34. The second-order valence-corrected chi connectivity index (χ2v) is 7.06. The third kappa shape index (κ3) is 5.79. The van der Waals surface area contributed by atoms with Crippen molar-refractivity contribution in [3.8, 4) is 6.07 Å². The number of carbonyl (C=O) groups is 2. The normalized spacial score (nSPS) is 14.6. The Labute approximate surface area is 169 Å². The molecule has 1 atom stereocenters. The SMILES string of the molecule is N#Cc1ccc(C[C@H](NC(=O)Nc2ccc(F)cc2)C(=O)N2CCCCC2)cc1. The molecule has 1 aliphatic rings. The van der Waals surface area contributed by atoms with Crippen LogP contribution in [0.2, 0.25) is 0 Å². The van der Waals surface area contributed by atoms with Gasteiger partial charge >= 0.3 is 6.03 Å². The summed E-state index contributed by atoms with van der Waals surface area (Å²) < 4.78 is 13.0. The number of rotatable bonds is 5. The molecule has 0 saturated carbocycles. The number of benzene rings is 2. The average Bonchev–Trinajstić information content (AvgIpc) is 2.75. The van der Waals surface area contributed by atoms with Gasteiger partial charge in [0.1, 0.15) is 11.9 Å². The molecule has 29 heavy (non-hydrogen) atoms. The lowest BCUT2D eigenvalue weighted by molar-refractivity contribution is -0.134. The monoisotopic (exact) mass is 394 g/mol. The Hall–Kier alpha value is -3.40.